The van der Waals surface area contributed by atoms with Gasteiger partial charge in [-0.15, -0.1) is 13.2 Å². The molecule has 1 spiro atoms. The Morgan fingerprint density at radius 3 is 2.66 bits per heavy atom. The Bertz CT molecular complexity index is 1710. The van der Waals surface area contributed by atoms with Crippen molar-refractivity contribution in [3.63, 3.8) is 0 Å². The molecule has 3 aromatic rings. The van der Waals surface area contributed by atoms with Crippen molar-refractivity contribution in [3.05, 3.63) is 43.0 Å². The average Bonchev–Trinajstić information content (AvgIpc) is 3.54. The van der Waals surface area contributed by atoms with E-state index in [4.69, 9.17) is 0 Å². The molecule has 2 aromatic heterocycles. The smallest absolute Gasteiger partial charge is 0.406 e. The first-order chi connectivity index (χ1) is 20.8. The molecule has 3 saturated carbocycles. The minimum absolute atomic E-state index is 0.00155. The number of amides is 1. The van der Waals surface area contributed by atoms with Crippen LogP contribution < -0.4 is 15.0 Å². The third-order valence-electron chi connectivity index (χ3n) is 9.77. The number of piperazine rings is 1. The molecule has 1 amide bonds. The van der Waals surface area contributed by atoms with Gasteiger partial charge in [0.2, 0.25) is 15.9 Å². The van der Waals surface area contributed by atoms with Crippen molar-refractivity contribution < 1.29 is 31.1 Å². The van der Waals surface area contributed by atoms with Gasteiger partial charge < -0.3 is 15.0 Å². The molecule has 11 nitrogen and oxygen atoms in total. The van der Waals surface area contributed by atoms with Crippen LogP contribution in [0.4, 0.5) is 19.0 Å². The molecule has 7 rings (SSSR count). The van der Waals surface area contributed by atoms with Crippen molar-refractivity contribution in [1.29, 1.82) is 0 Å². The van der Waals surface area contributed by atoms with Crippen molar-refractivity contribution in [1.82, 2.24) is 29.6 Å². The van der Waals surface area contributed by atoms with E-state index in [1.807, 2.05) is 0 Å². The molecule has 44 heavy (non-hydrogen) atoms. The van der Waals surface area contributed by atoms with E-state index in [0.29, 0.717) is 40.8 Å². The van der Waals surface area contributed by atoms with Crippen LogP contribution in [0.25, 0.3) is 11.2 Å². The summed E-state index contributed by atoms with van der Waals surface area (Å²) in [6.45, 7) is 2.90. The number of rotatable bonds is 7. The first-order valence-corrected chi connectivity index (χ1v) is 16.1. The summed E-state index contributed by atoms with van der Waals surface area (Å²) in [6.07, 6.45) is 5.23. The van der Waals surface area contributed by atoms with E-state index in [0.717, 1.165) is 47.8 Å². The van der Waals surface area contributed by atoms with Crippen LogP contribution in [0.2, 0.25) is 0 Å². The van der Waals surface area contributed by atoms with Crippen LogP contribution in [0.15, 0.2) is 47.9 Å². The predicted molar refractivity (Wildman–Crippen MR) is 152 cm³/mol. The molecule has 1 aromatic carbocycles. The highest BCUT2D eigenvalue weighted by Crippen LogP contribution is 2.75. The molecular weight excluding hydrogens is 599 g/mol. The van der Waals surface area contributed by atoms with Crippen LogP contribution in [-0.2, 0) is 14.8 Å². The van der Waals surface area contributed by atoms with Crippen LogP contribution >= 0.6 is 0 Å². The number of hydrogen-bond acceptors (Lipinski definition) is 9. The molecule has 5 atom stereocenters. The van der Waals surface area contributed by atoms with E-state index in [9.17, 15) is 26.4 Å². The van der Waals surface area contributed by atoms with E-state index in [1.54, 1.807) is 4.90 Å². The van der Waals surface area contributed by atoms with Gasteiger partial charge in [-0.3, -0.25) is 4.79 Å². The Balaban J connectivity index is 1.15. The second-order valence-electron chi connectivity index (χ2n) is 12.9. The number of ether oxygens (including phenoxy) is 1. The highest BCUT2D eigenvalue weighted by atomic mass is 32.2. The summed E-state index contributed by atoms with van der Waals surface area (Å²) in [5, 5.41) is 3.12. The summed E-state index contributed by atoms with van der Waals surface area (Å²) >= 11 is 0. The largest absolute Gasteiger partial charge is 0.573 e. The molecule has 3 heterocycles. The number of halogens is 3. The van der Waals surface area contributed by atoms with Crippen molar-refractivity contribution in [2.24, 2.45) is 22.7 Å². The summed E-state index contributed by atoms with van der Waals surface area (Å²) in [5.74, 6) is 0.772. The number of sulfonamides is 1. The Hall–Kier alpha value is -3.59. The van der Waals surface area contributed by atoms with Gasteiger partial charge in [-0.1, -0.05) is 6.92 Å². The van der Waals surface area contributed by atoms with E-state index in [1.165, 1.54) is 31.6 Å². The molecule has 4 aliphatic rings. The van der Waals surface area contributed by atoms with Crippen molar-refractivity contribution in [2.75, 3.05) is 31.1 Å². The molecule has 3 aliphatic carbocycles. The van der Waals surface area contributed by atoms with E-state index >= 15 is 0 Å². The Morgan fingerprint density at radius 1 is 1.09 bits per heavy atom. The number of carbonyl (C=O) groups is 1. The molecular formula is C29H32F3N7O4S. The number of hydrogen-bond donors (Lipinski definition) is 1. The topological polar surface area (TPSA) is 131 Å². The van der Waals surface area contributed by atoms with E-state index in [-0.39, 0.29) is 29.9 Å². The molecule has 4 fully saturated rings. The summed E-state index contributed by atoms with van der Waals surface area (Å²) in [7, 11) is -4.27. The molecule has 4 unspecified atom stereocenters. The lowest BCUT2D eigenvalue weighted by Gasteiger charge is -2.42. The minimum atomic E-state index is -4.91. The molecule has 1 aliphatic heterocycles. The maximum absolute atomic E-state index is 13.9. The zero-order chi connectivity index (χ0) is 30.9. The molecule has 1 saturated heterocycles. The Labute approximate surface area is 252 Å². The van der Waals surface area contributed by atoms with Crippen molar-refractivity contribution in [2.45, 2.75) is 56.3 Å². The number of fused-ring (bicyclic) bond motifs is 2. The molecule has 234 valence electrons. The van der Waals surface area contributed by atoms with Crippen molar-refractivity contribution in [3.8, 4) is 5.75 Å². The van der Waals surface area contributed by atoms with Gasteiger partial charge in [0.1, 0.15) is 29.5 Å². The minimum Gasteiger partial charge on any atom is -0.406 e. The maximum Gasteiger partial charge on any atom is 0.573 e. The molecule has 0 radical (unpaired) electrons. The van der Waals surface area contributed by atoms with Gasteiger partial charge in [-0.2, -0.15) is 4.31 Å². The van der Waals surface area contributed by atoms with Gasteiger partial charge in [-0.25, -0.2) is 28.4 Å². The van der Waals surface area contributed by atoms with Gasteiger partial charge in [0.25, 0.3) is 0 Å². The fraction of sp³-hybridized carbons (Fsp3) is 0.552. The Morgan fingerprint density at radius 2 is 1.89 bits per heavy atom. The van der Waals surface area contributed by atoms with Gasteiger partial charge in [0.15, 0.2) is 5.65 Å². The van der Waals surface area contributed by atoms with E-state index in [2.05, 4.69) is 36.9 Å². The fourth-order valence-corrected chi connectivity index (χ4v) is 9.77. The van der Waals surface area contributed by atoms with Gasteiger partial charge >= 0.3 is 6.36 Å². The third-order valence-corrected chi connectivity index (χ3v) is 11.7. The fourth-order valence-electron chi connectivity index (χ4n) is 8.20. The van der Waals surface area contributed by atoms with Crippen LogP contribution in [-0.4, -0.2) is 77.1 Å². The lowest BCUT2D eigenvalue weighted by Crippen LogP contribution is -2.61. The summed E-state index contributed by atoms with van der Waals surface area (Å²) in [5.41, 5.74) is 1.30. The highest BCUT2D eigenvalue weighted by Gasteiger charge is 2.67. The number of anilines is 1. The van der Waals surface area contributed by atoms with Crippen molar-refractivity contribution >= 4 is 32.9 Å². The predicted octanol–water partition coefficient (Wildman–Crippen LogP) is 3.53. The summed E-state index contributed by atoms with van der Waals surface area (Å²) in [4.78, 5) is 32.5. The molecule has 15 heteroatoms. The van der Waals surface area contributed by atoms with Gasteiger partial charge in [-0.05, 0) is 79.0 Å². The van der Waals surface area contributed by atoms with Crippen LogP contribution in [0.1, 0.15) is 39.0 Å². The van der Waals surface area contributed by atoms with Crippen LogP contribution in [0.3, 0.4) is 0 Å². The van der Waals surface area contributed by atoms with Crippen LogP contribution in [0, 0.1) is 22.7 Å². The highest BCUT2D eigenvalue weighted by molar-refractivity contribution is 7.89. The summed E-state index contributed by atoms with van der Waals surface area (Å²) < 4.78 is 70.7. The second kappa shape index (κ2) is 10.2. The average molecular weight is 632 g/mol. The number of alkyl halides is 3. The Kier molecular flexibility index (Phi) is 6.77. The zero-order valence-electron chi connectivity index (χ0n) is 24.0. The quantitative estimate of drug-likeness (QED) is 0.416. The SMILES string of the molecule is CC1CC2(CNC(=O)[C@H]3CN(c4cnc5cncnc5n4)CCN3S(=O)(=O)c3ccc(OC(F)(F)F)cc3)CC3CC3(C1)C2. The van der Waals surface area contributed by atoms with Gasteiger partial charge in [0.05, 0.1) is 17.3 Å². The van der Waals surface area contributed by atoms with E-state index < -0.39 is 34.1 Å². The second-order valence-corrected chi connectivity index (χ2v) is 14.8. The number of nitrogens with zero attached hydrogens (tertiary/aromatic N) is 6. The zero-order valence-corrected chi connectivity index (χ0v) is 24.8. The van der Waals surface area contributed by atoms with Gasteiger partial charge in [0, 0.05) is 26.2 Å². The lowest BCUT2D eigenvalue weighted by molar-refractivity contribution is -0.274. The summed E-state index contributed by atoms with van der Waals surface area (Å²) in [6, 6.07) is 2.88. The number of nitrogens with one attached hydrogen (secondary N) is 1. The van der Waals surface area contributed by atoms with Crippen LogP contribution in [0.5, 0.6) is 5.75 Å². The standard InChI is InChI=1S/C29H32F3N7O4S/c1-18-8-27(10-19-11-28(19,9-18)15-27)16-35-26(40)23-14-38(24-13-34-22-12-33-17-36-25(22)37-24)6-7-39(23)44(41,42)21-4-2-20(3-5-21)43-29(30,31)32/h2-5,12-13,17-19,23H,6-11,14-16H2,1H3,(H,35,40)/t18?,19?,23-,27?,28?/m1/s1. The monoisotopic (exact) mass is 631 g/mol. The first kappa shape index (κ1) is 29.1. The number of benzene rings is 1. The first-order valence-electron chi connectivity index (χ1n) is 14.7. The molecule has 2 bridgehead atoms. The molecule has 1 N–H and O–H groups in total. The number of carbonyl (C=O) groups excluding carboxylic acids is 1. The lowest BCUT2D eigenvalue weighted by atomic mass is 9.67. The number of aromatic nitrogens is 4. The maximum atomic E-state index is 13.9. The normalized spacial score (nSPS) is 30.2. The third kappa shape index (κ3) is 5.33.